The summed E-state index contributed by atoms with van der Waals surface area (Å²) in [5, 5.41) is 3.03. The van der Waals surface area contributed by atoms with E-state index in [-0.39, 0.29) is 11.3 Å². The third-order valence-corrected chi connectivity index (χ3v) is 3.28. The summed E-state index contributed by atoms with van der Waals surface area (Å²) >= 11 is 0. The minimum absolute atomic E-state index is 0.256. The third-order valence-electron chi connectivity index (χ3n) is 3.28. The van der Waals surface area contributed by atoms with Gasteiger partial charge in [-0.25, -0.2) is 0 Å². The molecule has 0 heterocycles. The van der Waals surface area contributed by atoms with Gasteiger partial charge in [0.15, 0.2) is 0 Å². The highest BCUT2D eigenvalue weighted by Gasteiger charge is 2.32. The molecule has 0 aromatic heterocycles. The number of amides is 1. The molecule has 0 aliphatic carbocycles. The average Bonchev–Trinajstić information content (AvgIpc) is 2.14. The van der Waals surface area contributed by atoms with Crippen molar-refractivity contribution in [2.24, 2.45) is 11.1 Å². The smallest absolute Gasteiger partial charge is 0.237 e. The summed E-state index contributed by atoms with van der Waals surface area (Å²) in [6.45, 7) is 11.6. The van der Waals surface area contributed by atoms with Crippen LogP contribution in [0.5, 0.6) is 0 Å². The lowest BCUT2D eigenvalue weighted by Crippen LogP contribution is -2.55. The van der Waals surface area contributed by atoms with Gasteiger partial charge in [0.25, 0.3) is 0 Å². The molecule has 4 nitrogen and oxygen atoms in total. The van der Waals surface area contributed by atoms with Crippen molar-refractivity contribution < 1.29 is 4.79 Å². The molecular formula is C13H29N3O. The topological polar surface area (TPSA) is 58.4 Å². The Morgan fingerprint density at radius 2 is 1.82 bits per heavy atom. The summed E-state index contributed by atoms with van der Waals surface area (Å²) < 4.78 is 0. The van der Waals surface area contributed by atoms with E-state index in [1.54, 1.807) is 7.05 Å². The lowest BCUT2D eigenvalue weighted by Gasteiger charge is -2.36. The van der Waals surface area contributed by atoms with Gasteiger partial charge in [-0.1, -0.05) is 20.8 Å². The Bertz CT molecular complexity index is 260. The van der Waals surface area contributed by atoms with Gasteiger partial charge in [-0.05, 0) is 39.8 Å². The average molecular weight is 243 g/mol. The fraction of sp³-hybridized carbons (Fsp3) is 0.923. The van der Waals surface area contributed by atoms with Gasteiger partial charge in [0.1, 0.15) is 0 Å². The number of carbonyl (C=O) groups excluding carboxylic acids is 1. The van der Waals surface area contributed by atoms with Crippen molar-refractivity contribution >= 4 is 5.91 Å². The van der Waals surface area contributed by atoms with Crippen LogP contribution in [0.15, 0.2) is 0 Å². The van der Waals surface area contributed by atoms with Crippen LogP contribution in [-0.2, 0) is 4.79 Å². The van der Waals surface area contributed by atoms with Crippen LogP contribution >= 0.6 is 0 Å². The molecule has 0 radical (unpaired) electrons. The van der Waals surface area contributed by atoms with Crippen LogP contribution in [0.4, 0.5) is 0 Å². The minimum atomic E-state index is -0.633. The summed E-state index contributed by atoms with van der Waals surface area (Å²) in [5.74, 6) is -0.295. The highest BCUT2D eigenvalue weighted by Crippen LogP contribution is 2.20. The second kappa shape index (κ2) is 5.83. The molecule has 2 unspecified atom stereocenters. The molecule has 0 spiro atoms. The van der Waals surface area contributed by atoms with Crippen molar-refractivity contribution in [1.29, 1.82) is 0 Å². The lowest BCUT2D eigenvalue weighted by molar-refractivity contribution is -0.124. The zero-order chi connectivity index (χ0) is 13.9. The molecule has 102 valence electrons. The van der Waals surface area contributed by atoms with Gasteiger partial charge in [0.2, 0.25) is 5.91 Å². The van der Waals surface area contributed by atoms with Crippen molar-refractivity contribution in [3.63, 3.8) is 0 Å². The molecule has 0 rings (SSSR count). The molecule has 0 saturated heterocycles. The lowest BCUT2D eigenvalue weighted by atomic mass is 9.90. The molecule has 0 saturated carbocycles. The van der Waals surface area contributed by atoms with Gasteiger partial charge in [-0.3, -0.25) is 4.79 Å². The van der Waals surface area contributed by atoms with Crippen LogP contribution in [0.25, 0.3) is 0 Å². The van der Waals surface area contributed by atoms with E-state index in [0.717, 1.165) is 6.54 Å². The number of primary amides is 1. The van der Waals surface area contributed by atoms with Crippen LogP contribution in [0.2, 0.25) is 0 Å². The number of hydrogen-bond acceptors (Lipinski definition) is 3. The highest BCUT2D eigenvalue weighted by atomic mass is 16.1. The van der Waals surface area contributed by atoms with Crippen LogP contribution in [0.3, 0.4) is 0 Å². The second-order valence-electron chi connectivity index (χ2n) is 6.48. The molecule has 0 aliphatic rings. The van der Waals surface area contributed by atoms with Crippen molar-refractivity contribution in [2.75, 3.05) is 20.6 Å². The summed E-state index contributed by atoms with van der Waals surface area (Å²) in [4.78, 5) is 13.7. The zero-order valence-corrected chi connectivity index (χ0v) is 12.4. The zero-order valence-electron chi connectivity index (χ0n) is 12.4. The van der Waals surface area contributed by atoms with Gasteiger partial charge in [-0.15, -0.1) is 0 Å². The minimum Gasteiger partial charge on any atom is -0.368 e. The Morgan fingerprint density at radius 1 is 1.35 bits per heavy atom. The third kappa shape index (κ3) is 5.50. The predicted octanol–water partition coefficient (Wildman–Crippen LogP) is 1.21. The highest BCUT2D eigenvalue weighted by molar-refractivity contribution is 5.84. The fourth-order valence-electron chi connectivity index (χ4n) is 1.98. The number of rotatable bonds is 6. The predicted molar refractivity (Wildman–Crippen MR) is 72.8 cm³/mol. The second-order valence-corrected chi connectivity index (χ2v) is 6.48. The first-order chi connectivity index (χ1) is 7.52. The summed E-state index contributed by atoms with van der Waals surface area (Å²) in [6.07, 6.45) is 0.714. The van der Waals surface area contributed by atoms with E-state index < -0.39 is 5.54 Å². The number of likely N-dealkylation sites (N-methyl/N-ethyl adjacent to an activating group) is 1. The van der Waals surface area contributed by atoms with E-state index in [9.17, 15) is 4.79 Å². The number of nitrogens with two attached hydrogens (primary N) is 1. The largest absolute Gasteiger partial charge is 0.368 e. The first-order valence-electron chi connectivity index (χ1n) is 6.21. The maximum absolute atomic E-state index is 11.4. The normalized spacial score (nSPS) is 17.9. The molecular weight excluding hydrogens is 214 g/mol. The van der Waals surface area contributed by atoms with Crippen molar-refractivity contribution in [1.82, 2.24) is 10.2 Å². The molecule has 1 amide bonds. The van der Waals surface area contributed by atoms with Crippen LogP contribution < -0.4 is 11.1 Å². The first kappa shape index (κ1) is 16.4. The van der Waals surface area contributed by atoms with Gasteiger partial charge in [-0.2, -0.15) is 0 Å². The molecule has 4 heteroatoms. The fourth-order valence-corrected chi connectivity index (χ4v) is 1.98. The van der Waals surface area contributed by atoms with Gasteiger partial charge in [0, 0.05) is 12.6 Å². The van der Waals surface area contributed by atoms with E-state index in [4.69, 9.17) is 5.73 Å². The Kier molecular flexibility index (Phi) is 5.62. The number of nitrogens with zero attached hydrogens (tertiary/aromatic N) is 1. The molecule has 0 aromatic rings. The number of nitrogens with one attached hydrogen (secondary N) is 1. The maximum Gasteiger partial charge on any atom is 0.237 e. The van der Waals surface area contributed by atoms with E-state index in [0.29, 0.717) is 12.5 Å². The SMILES string of the molecule is CNC(C)(CC(C)N(C)CC(C)(C)C)C(N)=O. The van der Waals surface area contributed by atoms with Crippen LogP contribution in [-0.4, -0.2) is 43.0 Å². The standard InChI is InChI=1S/C13H29N3O/c1-10(16(7)9-12(2,3)4)8-13(5,15-6)11(14)17/h10,15H,8-9H2,1-7H3,(H2,14,17). The molecule has 3 N–H and O–H groups in total. The van der Waals surface area contributed by atoms with Gasteiger partial charge >= 0.3 is 0 Å². The molecule has 2 atom stereocenters. The molecule has 0 aliphatic heterocycles. The van der Waals surface area contributed by atoms with Crippen LogP contribution in [0.1, 0.15) is 41.0 Å². The molecule has 0 bridgehead atoms. The van der Waals surface area contributed by atoms with Crippen molar-refractivity contribution in [2.45, 2.75) is 52.6 Å². The maximum atomic E-state index is 11.4. The van der Waals surface area contributed by atoms with E-state index in [1.165, 1.54) is 0 Å². The van der Waals surface area contributed by atoms with E-state index in [1.807, 2.05) is 6.92 Å². The van der Waals surface area contributed by atoms with Crippen molar-refractivity contribution in [3.8, 4) is 0 Å². The summed E-state index contributed by atoms with van der Waals surface area (Å²) in [5.41, 5.74) is 5.06. The number of hydrogen-bond donors (Lipinski definition) is 2. The van der Waals surface area contributed by atoms with E-state index >= 15 is 0 Å². The van der Waals surface area contributed by atoms with Gasteiger partial charge in [0.05, 0.1) is 5.54 Å². The number of carbonyl (C=O) groups is 1. The van der Waals surface area contributed by atoms with Gasteiger partial charge < -0.3 is 16.0 Å². The Balaban J connectivity index is 4.52. The monoisotopic (exact) mass is 243 g/mol. The quantitative estimate of drug-likeness (QED) is 0.737. The molecule has 0 aromatic carbocycles. The Hall–Kier alpha value is -0.610. The molecule has 0 fully saturated rings. The van der Waals surface area contributed by atoms with Crippen LogP contribution in [0, 0.1) is 5.41 Å². The Labute approximate surface area is 106 Å². The molecule has 17 heavy (non-hydrogen) atoms. The summed E-state index contributed by atoms with van der Waals surface area (Å²) in [7, 11) is 3.87. The van der Waals surface area contributed by atoms with Crippen molar-refractivity contribution in [3.05, 3.63) is 0 Å². The Morgan fingerprint density at radius 3 is 2.12 bits per heavy atom. The summed E-state index contributed by atoms with van der Waals surface area (Å²) in [6, 6.07) is 0.305. The van der Waals surface area contributed by atoms with E-state index in [2.05, 4.69) is 45.0 Å². The first-order valence-corrected chi connectivity index (χ1v) is 6.21.